The van der Waals surface area contributed by atoms with Crippen LogP contribution in [0.4, 0.5) is 0 Å². The van der Waals surface area contributed by atoms with Crippen LogP contribution in [-0.4, -0.2) is 37.0 Å². The van der Waals surface area contributed by atoms with E-state index in [0.717, 1.165) is 18.5 Å². The van der Waals surface area contributed by atoms with E-state index in [0.29, 0.717) is 6.54 Å². The quantitative estimate of drug-likeness (QED) is 0.646. The highest BCUT2D eigenvalue weighted by molar-refractivity contribution is 6.30. The molecule has 0 aromatic heterocycles. The molecule has 0 spiro atoms. The molecule has 1 amide bonds. The first-order chi connectivity index (χ1) is 9.77. The average Bonchev–Trinajstić information content (AvgIpc) is 2.52. The molecule has 1 atom stereocenters. The molecule has 0 bridgehead atoms. The first kappa shape index (κ1) is 15.3. The van der Waals surface area contributed by atoms with Gasteiger partial charge in [-0.05, 0) is 44.5 Å². The number of halogens is 1. The standard InChI is InChI=1S/C16H23ClN2O/c17-15(14-8-3-1-4-9-14)16(20)18-10-7-13-19-11-5-2-6-12-19/h1,3-4,8-9,15H,2,5-7,10-13H2,(H,18,20). The summed E-state index contributed by atoms with van der Waals surface area (Å²) in [6.45, 7) is 4.18. The Morgan fingerprint density at radius 2 is 1.90 bits per heavy atom. The van der Waals surface area contributed by atoms with Crippen molar-refractivity contribution in [2.45, 2.75) is 31.1 Å². The molecule has 1 aromatic rings. The van der Waals surface area contributed by atoms with Gasteiger partial charge in [0.1, 0.15) is 5.38 Å². The number of carbonyl (C=O) groups is 1. The SMILES string of the molecule is O=C(NCCCN1CCCCC1)C(Cl)c1ccccc1. The Morgan fingerprint density at radius 3 is 2.60 bits per heavy atom. The normalized spacial score (nSPS) is 17.6. The zero-order chi connectivity index (χ0) is 14.2. The van der Waals surface area contributed by atoms with Gasteiger partial charge in [-0.3, -0.25) is 4.79 Å². The Bertz CT molecular complexity index is 404. The molecule has 0 radical (unpaired) electrons. The zero-order valence-corrected chi connectivity index (χ0v) is 12.6. The third kappa shape index (κ3) is 4.80. The minimum absolute atomic E-state index is 0.100. The highest BCUT2D eigenvalue weighted by Crippen LogP contribution is 2.19. The molecule has 110 valence electrons. The first-order valence-electron chi connectivity index (χ1n) is 7.46. The summed E-state index contributed by atoms with van der Waals surface area (Å²) >= 11 is 6.16. The molecule has 1 N–H and O–H groups in total. The predicted octanol–water partition coefficient (Wildman–Crippen LogP) is 2.96. The topological polar surface area (TPSA) is 32.3 Å². The van der Waals surface area contributed by atoms with E-state index in [9.17, 15) is 4.79 Å². The molecule has 1 unspecified atom stereocenters. The third-order valence-corrected chi connectivity index (χ3v) is 4.17. The van der Waals surface area contributed by atoms with Crippen LogP contribution in [0.3, 0.4) is 0 Å². The van der Waals surface area contributed by atoms with Gasteiger partial charge in [-0.1, -0.05) is 36.8 Å². The van der Waals surface area contributed by atoms with Gasteiger partial charge in [-0.2, -0.15) is 0 Å². The average molecular weight is 295 g/mol. The Morgan fingerprint density at radius 1 is 1.20 bits per heavy atom. The summed E-state index contributed by atoms with van der Waals surface area (Å²) in [5.41, 5.74) is 0.850. The fourth-order valence-corrected chi connectivity index (χ4v) is 2.78. The van der Waals surface area contributed by atoms with Crippen molar-refractivity contribution in [3.8, 4) is 0 Å². The number of nitrogens with zero attached hydrogens (tertiary/aromatic N) is 1. The largest absolute Gasteiger partial charge is 0.354 e. The van der Waals surface area contributed by atoms with Crippen LogP contribution in [0.25, 0.3) is 0 Å². The van der Waals surface area contributed by atoms with Gasteiger partial charge < -0.3 is 10.2 Å². The van der Waals surface area contributed by atoms with E-state index in [1.54, 1.807) is 0 Å². The minimum Gasteiger partial charge on any atom is -0.354 e. The number of carbonyl (C=O) groups excluding carboxylic acids is 1. The van der Waals surface area contributed by atoms with Crippen LogP contribution in [0.2, 0.25) is 0 Å². The van der Waals surface area contributed by atoms with Crippen LogP contribution in [0.5, 0.6) is 0 Å². The maximum absolute atomic E-state index is 11.9. The molecule has 4 heteroatoms. The van der Waals surface area contributed by atoms with Crippen LogP contribution < -0.4 is 5.32 Å². The molecule has 20 heavy (non-hydrogen) atoms. The van der Waals surface area contributed by atoms with Gasteiger partial charge >= 0.3 is 0 Å². The summed E-state index contributed by atoms with van der Waals surface area (Å²) in [7, 11) is 0. The third-order valence-electron chi connectivity index (χ3n) is 3.72. The second-order valence-corrected chi connectivity index (χ2v) is 5.76. The number of benzene rings is 1. The highest BCUT2D eigenvalue weighted by Gasteiger charge is 2.16. The molecule has 0 aliphatic carbocycles. The van der Waals surface area contributed by atoms with Crippen LogP contribution in [-0.2, 0) is 4.79 Å². The summed E-state index contributed by atoms with van der Waals surface area (Å²) in [5, 5.41) is 2.33. The monoisotopic (exact) mass is 294 g/mol. The summed E-state index contributed by atoms with van der Waals surface area (Å²) < 4.78 is 0. The molecule has 1 aliphatic heterocycles. The van der Waals surface area contributed by atoms with E-state index in [1.807, 2.05) is 30.3 Å². The lowest BCUT2D eigenvalue weighted by Gasteiger charge is -2.26. The van der Waals surface area contributed by atoms with Gasteiger partial charge in [0.15, 0.2) is 0 Å². The summed E-state index contributed by atoms with van der Waals surface area (Å²) in [6.07, 6.45) is 4.97. The first-order valence-corrected chi connectivity index (χ1v) is 7.90. The van der Waals surface area contributed by atoms with Crippen LogP contribution >= 0.6 is 11.6 Å². The fourth-order valence-electron chi connectivity index (χ4n) is 2.56. The van der Waals surface area contributed by atoms with Crippen molar-refractivity contribution in [1.82, 2.24) is 10.2 Å². The minimum atomic E-state index is -0.591. The van der Waals surface area contributed by atoms with Crippen LogP contribution in [0, 0.1) is 0 Å². The number of nitrogens with one attached hydrogen (secondary N) is 1. The van der Waals surface area contributed by atoms with Crippen molar-refractivity contribution in [3.05, 3.63) is 35.9 Å². The number of hydrogen-bond acceptors (Lipinski definition) is 2. The molecular formula is C16H23ClN2O. The van der Waals surface area contributed by atoms with Gasteiger partial charge in [0, 0.05) is 6.54 Å². The Hall–Kier alpha value is -1.06. The fraction of sp³-hybridized carbons (Fsp3) is 0.562. The Labute approximate surface area is 126 Å². The van der Waals surface area contributed by atoms with Crippen molar-refractivity contribution in [2.24, 2.45) is 0 Å². The molecule has 1 aliphatic rings. The Balaban J connectivity index is 1.64. The number of piperidine rings is 1. The lowest BCUT2D eigenvalue weighted by Crippen LogP contribution is -2.34. The van der Waals surface area contributed by atoms with Crippen molar-refractivity contribution >= 4 is 17.5 Å². The second kappa shape index (κ2) is 8.28. The maximum atomic E-state index is 11.9. The number of rotatable bonds is 6. The lowest BCUT2D eigenvalue weighted by atomic mass is 10.1. The molecule has 1 fully saturated rings. The molecular weight excluding hydrogens is 272 g/mol. The molecule has 1 heterocycles. The molecule has 3 nitrogen and oxygen atoms in total. The number of amides is 1. The van der Waals surface area contributed by atoms with Crippen molar-refractivity contribution in [2.75, 3.05) is 26.2 Å². The van der Waals surface area contributed by atoms with Crippen LogP contribution in [0.1, 0.15) is 36.6 Å². The number of alkyl halides is 1. The van der Waals surface area contributed by atoms with Crippen molar-refractivity contribution in [1.29, 1.82) is 0 Å². The molecule has 1 aromatic carbocycles. The van der Waals surface area contributed by atoms with Crippen LogP contribution in [0.15, 0.2) is 30.3 Å². The van der Waals surface area contributed by atoms with E-state index < -0.39 is 5.38 Å². The summed E-state index contributed by atoms with van der Waals surface area (Å²) in [6, 6.07) is 9.47. The van der Waals surface area contributed by atoms with Gasteiger partial charge in [0.05, 0.1) is 0 Å². The van der Waals surface area contributed by atoms with Gasteiger partial charge in [0.25, 0.3) is 0 Å². The van der Waals surface area contributed by atoms with E-state index in [4.69, 9.17) is 11.6 Å². The van der Waals surface area contributed by atoms with E-state index in [1.165, 1.54) is 32.4 Å². The van der Waals surface area contributed by atoms with E-state index in [2.05, 4.69) is 10.2 Å². The summed E-state index contributed by atoms with van der Waals surface area (Å²) in [4.78, 5) is 14.4. The molecule has 1 saturated heterocycles. The van der Waals surface area contributed by atoms with Crippen molar-refractivity contribution in [3.63, 3.8) is 0 Å². The number of hydrogen-bond donors (Lipinski definition) is 1. The highest BCUT2D eigenvalue weighted by atomic mass is 35.5. The predicted molar refractivity (Wildman–Crippen MR) is 83.0 cm³/mol. The smallest absolute Gasteiger partial charge is 0.242 e. The van der Waals surface area contributed by atoms with Gasteiger partial charge in [-0.15, -0.1) is 11.6 Å². The van der Waals surface area contributed by atoms with Gasteiger partial charge in [-0.25, -0.2) is 0 Å². The lowest BCUT2D eigenvalue weighted by molar-refractivity contribution is -0.120. The van der Waals surface area contributed by atoms with Crippen molar-refractivity contribution < 1.29 is 4.79 Å². The van der Waals surface area contributed by atoms with E-state index >= 15 is 0 Å². The maximum Gasteiger partial charge on any atom is 0.242 e. The van der Waals surface area contributed by atoms with E-state index in [-0.39, 0.29) is 5.91 Å². The zero-order valence-electron chi connectivity index (χ0n) is 11.9. The van der Waals surface area contributed by atoms with Gasteiger partial charge in [0.2, 0.25) is 5.91 Å². The Kier molecular flexibility index (Phi) is 6.34. The molecule has 2 rings (SSSR count). The summed E-state index contributed by atoms with van der Waals surface area (Å²) in [5.74, 6) is -0.100. The number of likely N-dealkylation sites (tertiary alicyclic amines) is 1. The molecule has 0 saturated carbocycles. The second-order valence-electron chi connectivity index (χ2n) is 5.32.